The van der Waals surface area contributed by atoms with Crippen molar-refractivity contribution in [1.29, 1.82) is 0 Å². The maximum atomic E-state index is 12.4. The van der Waals surface area contributed by atoms with E-state index in [1.807, 2.05) is 11.9 Å². The van der Waals surface area contributed by atoms with E-state index in [2.05, 4.69) is 0 Å². The quantitative estimate of drug-likeness (QED) is 0.855. The third-order valence-corrected chi connectivity index (χ3v) is 4.88. The Morgan fingerprint density at radius 1 is 0.895 bits per heavy atom. The summed E-state index contributed by atoms with van der Waals surface area (Å²) in [5, 5.41) is 9.06. The highest BCUT2D eigenvalue weighted by Crippen LogP contribution is 2.36. The Balaban J connectivity index is 1.92. The molecule has 2 rings (SSSR count). The molecular weight excluding hydrogens is 242 g/mol. The number of aliphatic carboxylic acids is 1. The third kappa shape index (κ3) is 3.28. The summed E-state index contributed by atoms with van der Waals surface area (Å²) in [6.07, 6.45) is 9.77. The molecule has 0 saturated heterocycles. The lowest BCUT2D eigenvalue weighted by atomic mass is 9.72. The number of rotatable bonds is 3. The number of carbonyl (C=O) groups excluding carboxylic acids is 1. The van der Waals surface area contributed by atoms with Gasteiger partial charge in [-0.25, -0.2) is 0 Å². The van der Waals surface area contributed by atoms with Crippen molar-refractivity contribution >= 4 is 11.9 Å². The molecule has 2 atom stereocenters. The summed E-state index contributed by atoms with van der Waals surface area (Å²) in [6, 6.07) is 0.322. The second-order valence-electron chi connectivity index (χ2n) is 6.08. The average molecular weight is 267 g/mol. The van der Waals surface area contributed by atoms with Gasteiger partial charge < -0.3 is 10.0 Å². The van der Waals surface area contributed by atoms with Gasteiger partial charge in [-0.2, -0.15) is 0 Å². The minimum absolute atomic E-state index is 0.0595. The van der Waals surface area contributed by atoms with Crippen molar-refractivity contribution in [3.63, 3.8) is 0 Å². The van der Waals surface area contributed by atoms with Crippen LogP contribution in [0, 0.1) is 11.8 Å². The number of carboxylic acid groups (broad SMARTS) is 1. The first-order chi connectivity index (χ1) is 9.11. The fourth-order valence-electron chi connectivity index (χ4n) is 3.35. The molecule has 0 aromatic carbocycles. The molecular formula is C15H25NO3. The van der Waals surface area contributed by atoms with Crippen LogP contribution >= 0.6 is 0 Å². The minimum atomic E-state index is -0.810. The van der Waals surface area contributed by atoms with Gasteiger partial charge in [0.1, 0.15) is 0 Å². The second-order valence-corrected chi connectivity index (χ2v) is 6.08. The van der Waals surface area contributed by atoms with Crippen molar-refractivity contribution in [2.45, 2.75) is 63.8 Å². The highest BCUT2D eigenvalue weighted by atomic mass is 16.4. The van der Waals surface area contributed by atoms with E-state index in [0.717, 1.165) is 19.3 Å². The van der Waals surface area contributed by atoms with E-state index in [4.69, 9.17) is 5.11 Å². The number of nitrogens with zero attached hydrogens (tertiary/aromatic N) is 1. The van der Waals surface area contributed by atoms with Gasteiger partial charge >= 0.3 is 5.97 Å². The Kier molecular flexibility index (Phi) is 4.83. The molecule has 0 heterocycles. The number of carboxylic acids is 1. The largest absolute Gasteiger partial charge is 0.481 e. The van der Waals surface area contributed by atoms with Crippen molar-refractivity contribution in [3.05, 3.63) is 0 Å². The van der Waals surface area contributed by atoms with Gasteiger partial charge in [-0.3, -0.25) is 9.59 Å². The number of carbonyl (C=O) groups is 2. The van der Waals surface area contributed by atoms with Gasteiger partial charge in [0.05, 0.1) is 11.8 Å². The lowest BCUT2D eigenvalue weighted by Crippen LogP contribution is -2.48. The molecule has 19 heavy (non-hydrogen) atoms. The van der Waals surface area contributed by atoms with Crippen LogP contribution < -0.4 is 0 Å². The zero-order chi connectivity index (χ0) is 13.8. The van der Waals surface area contributed by atoms with Crippen LogP contribution in [0.3, 0.4) is 0 Å². The van der Waals surface area contributed by atoms with Gasteiger partial charge in [-0.15, -0.1) is 0 Å². The van der Waals surface area contributed by atoms with Crippen LogP contribution in [0.4, 0.5) is 0 Å². The maximum absolute atomic E-state index is 12.4. The van der Waals surface area contributed by atoms with Gasteiger partial charge in [0.2, 0.25) is 5.91 Å². The molecule has 0 radical (unpaired) electrons. The Bertz CT molecular complexity index is 334. The van der Waals surface area contributed by atoms with Crippen molar-refractivity contribution in [3.8, 4) is 0 Å². The molecule has 2 fully saturated rings. The molecule has 2 unspecified atom stereocenters. The fraction of sp³-hybridized carbons (Fsp3) is 0.867. The van der Waals surface area contributed by atoms with E-state index < -0.39 is 11.9 Å². The van der Waals surface area contributed by atoms with Crippen molar-refractivity contribution in [2.24, 2.45) is 11.8 Å². The van der Waals surface area contributed by atoms with E-state index in [1.54, 1.807) is 0 Å². The van der Waals surface area contributed by atoms with Crippen molar-refractivity contribution < 1.29 is 14.7 Å². The highest BCUT2D eigenvalue weighted by Gasteiger charge is 2.43. The zero-order valence-electron chi connectivity index (χ0n) is 11.8. The van der Waals surface area contributed by atoms with E-state index in [-0.39, 0.29) is 11.8 Å². The Labute approximate surface area is 115 Å². The number of hydrogen-bond acceptors (Lipinski definition) is 2. The SMILES string of the molecule is CN(C(=O)C1CCC1C(=O)O)C1CCCCCCC1. The van der Waals surface area contributed by atoms with Gasteiger partial charge in [0, 0.05) is 13.1 Å². The van der Waals surface area contributed by atoms with Gasteiger partial charge in [-0.05, 0) is 25.7 Å². The molecule has 0 bridgehead atoms. The molecule has 108 valence electrons. The maximum Gasteiger partial charge on any atom is 0.307 e. The Hall–Kier alpha value is -1.06. The standard InChI is InChI=1S/C15H25NO3/c1-16(11-7-5-3-2-4-6-8-11)14(17)12-9-10-13(12)15(18)19/h11-13H,2-10H2,1H3,(H,18,19). The van der Waals surface area contributed by atoms with Gasteiger partial charge in [-0.1, -0.05) is 32.1 Å². The van der Waals surface area contributed by atoms with E-state index in [9.17, 15) is 9.59 Å². The second kappa shape index (κ2) is 6.40. The summed E-state index contributed by atoms with van der Waals surface area (Å²) in [5.41, 5.74) is 0. The molecule has 2 saturated carbocycles. The molecule has 0 spiro atoms. The van der Waals surface area contributed by atoms with Crippen LogP contribution in [0.5, 0.6) is 0 Å². The van der Waals surface area contributed by atoms with Gasteiger partial charge in [0.15, 0.2) is 0 Å². The summed E-state index contributed by atoms with van der Waals surface area (Å²) in [4.78, 5) is 25.3. The van der Waals surface area contributed by atoms with E-state index >= 15 is 0 Å². The molecule has 2 aliphatic carbocycles. The average Bonchev–Trinajstić information content (AvgIpc) is 2.25. The summed E-state index contributed by atoms with van der Waals surface area (Å²) in [6.45, 7) is 0. The molecule has 0 aromatic rings. The fourth-order valence-corrected chi connectivity index (χ4v) is 3.35. The first-order valence-electron chi connectivity index (χ1n) is 7.60. The monoisotopic (exact) mass is 267 g/mol. The van der Waals surface area contributed by atoms with Crippen LogP contribution in [-0.2, 0) is 9.59 Å². The summed E-state index contributed by atoms with van der Waals surface area (Å²) in [7, 11) is 1.87. The Morgan fingerprint density at radius 2 is 1.42 bits per heavy atom. The summed E-state index contributed by atoms with van der Waals surface area (Å²) < 4.78 is 0. The third-order valence-electron chi connectivity index (χ3n) is 4.88. The van der Waals surface area contributed by atoms with Crippen LogP contribution in [0.15, 0.2) is 0 Å². The van der Waals surface area contributed by atoms with Crippen molar-refractivity contribution in [1.82, 2.24) is 4.90 Å². The lowest BCUT2D eigenvalue weighted by molar-refractivity contribution is -0.157. The first kappa shape index (κ1) is 14.4. The van der Waals surface area contributed by atoms with Crippen LogP contribution in [0.2, 0.25) is 0 Å². The molecule has 0 aromatic heterocycles. The number of hydrogen-bond donors (Lipinski definition) is 1. The predicted octanol–water partition coefficient (Wildman–Crippen LogP) is 2.67. The van der Waals surface area contributed by atoms with Crippen LogP contribution in [0.25, 0.3) is 0 Å². The van der Waals surface area contributed by atoms with E-state index in [0.29, 0.717) is 12.5 Å². The minimum Gasteiger partial charge on any atom is -0.481 e. The Morgan fingerprint density at radius 3 is 1.89 bits per heavy atom. The molecule has 4 heteroatoms. The van der Waals surface area contributed by atoms with Gasteiger partial charge in [0.25, 0.3) is 0 Å². The summed E-state index contributed by atoms with van der Waals surface area (Å²) >= 11 is 0. The topological polar surface area (TPSA) is 57.6 Å². The predicted molar refractivity (Wildman–Crippen MR) is 72.7 cm³/mol. The normalized spacial score (nSPS) is 28.9. The zero-order valence-corrected chi connectivity index (χ0v) is 11.8. The summed E-state index contributed by atoms with van der Waals surface area (Å²) in [5.74, 6) is -1.46. The van der Waals surface area contributed by atoms with Crippen LogP contribution in [-0.4, -0.2) is 35.0 Å². The van der Waals surface area contributed by atoms with Crippen LogP contribution in [0.1, 0.15) is 57.8 Å². The van der Waals surface area contributed by atoms with E-state index in [1.165, 1.54) is 32.1 Å². The molecule has 1 N–H and O–H groups in total. The molecule has 2 aliphatic rings. The smallest absolute Gasteiger partial charge is 0.307 e. The molecule has 1 amide bonds. The number of amides is 1. The molecule has 0 aliphatic heterocycles. The highest BCUT2D eigenvalue weighted by molar-refractivity contribution is 5.86. The first-order valence-corrected chi connectivity index (χ1v) is 7.60. The lowest BCUT2D eigenvalue weighted by Gasteiger charge is -2.38. The van der Waals surface area contributed by atoms with Crippen molar-refractivity contribution in [2.75, 3.05) is 7.05 Å². The molecule has 4 nitrogen and oxygen atoms in total.